The molecule has 8 nitrogen and oxygen atoms in total. The number of ether oxygens (including phenoxy) is 2. The van der Waals surface area contributed by atoms with E-state index in [0.717, 1.165) is 32.1 Å². The number of hydrogen-bond acceptors (Lipinski definition) is 5. The largest absolute Gasteiger partial charge is 0.496 e. The maximum absolute atomic E-state index is 13.8. The monoisotopic (exact) mass is 629 g/mol. The smallest absolute Gasteiger partial charge is 0.419 e. The Morgan fingerprint density at radius 1 is 1.05 bits per heavy atom. The third-order valence-electron chi connectivity index (χ3n) is 7.83. The van der Waals surface area contributed by atoms with Crippen LogP contribution in [0.25, 0.3) is 0 Å². The van der Waals surface area contributed by atoms with E-state index >= 15 is 0 Å². The highest BCUT2D eigenvalue weighted by molar-refractivity contribution is 6.42. The van der Waals surface area contributed by atoms with Crippen molar-refractivity contribution in [3.05, 3.63) is 63.1 Å². The standard InChI is InChI=1S/C29H32Cl2F3N3O5/c1-4-42-28(40)37-12-6-5-7-23(37)27(39)36-15-19(17-8-10-21(30)22(31)14-17)24(16-36)35(2)26(38)18-9-11-25(41-3)20(13-18)29(32,33)34/h8-11,13-14,19,23-24H,4-7,12,15-16H2,1-3H3. The number of carbonyl (C=O) groups is 3. The van der Waals surface area contributed by atoms with Gasteiger partial charge in [0.15, 0.2) is 0 Å². The van der Waals surface area contributed by atoms with E-state index < -0.39 is 47.5 Å². The molecule has 2 aromatic rings. The second-order valence-electron chi connectivity index (χ2n) is 10.3. The molecule has 0 radical (unpaired) electrons. The van der Waals surface area contributed by atoms with Crippen molar-refractivity contribution in [3.63, 3.8) is 0 Å². The summed E-state index contributed by atoms with van der Waals surface area (Å²) in [5.41, 5.74) is -0.533. The fourth-order valence-electron chi connectivity index (χ4n) is 5.67. The van der Waals surface area contributed by atoms with Crippen molar-refractivity contribution in [3.8, 4) is 5.75 Å². The molecule has 2 saturated heterocycles. The van der Waals surface area contributed by atoms with Gasteiger partial charge in [-0.2, -0.15) is 13.2 Å². The van der Waals surface area contributed by atoms with E-state index in [4.69, 9.17) is 32.7 Å². The van der Waals surface area contributed by atoms with Crippen molar-refractivity contribution >= 4 is 41.1 Å². The highest BCUT2D eigenvalue weighted by Crippen LogP contribution is 2.38. The summed E-state index contributed by atoms with van der Waals surface area (Å²) >= 11 is 12.4. The van der Waals surface area contributed by atoms with Crippen LogP contribution in [-0.4, -0.2) is 85.1 Å². The number of amides is 3. The number of rotatable bonds is 6. The minimum Gasteiger partial charge on any atom is -0.496 e. The summed E-state index contributed by atoms with van der Waals surface area (Å²) in [6.07, 6.45) is -3.31. The first-order valence-electron chi connectivity index (χ1n) is 13.6. The van der Waals surface area contributed by atoms with Crippen LogP contribution >= 0.6 is 23.2 Å². The van der Waals surface area contributed by atoms with Gasteiger partial charge in [0, 0.05) is 38.2 Å². The molecular formula is C29H32Cl2F3N3O5. The lowest BCUT2D eigenvalue weighted by atomic mass is 9.93. The Bertz CT molecular complexity index is 1340. The predicted octanol–water partition coefficient (Wildman–Crippen LogP) is 6.10. The minimum absolute atomic E-state index is 0.0986. The molecule has 2 fully saturated rings. The van der Waals surface area contributed by atoms with Crippen LogP contribution in [0.1, 0.15) is 53.6 Å². The van der Waals surface area contributed by atoms with Gasteiger partial charge in [0.2, 0.25) is 5.91 Å². The Morgan fingerprint density at radius 3 is 2.43 bits per heavy atom. The second kappa shape index (κ2) is 13.0. The molecule has 3 amide bonds. The van der Waals surface area contributed by atoms with Crippen LogP contribution in [0.4, 0.5) is 18.0 Å². The molecule has 4 rings (SSSR count). The van der Waals surface area contributed by atoms with Crippen molar-refractivity contribution in [2.75, 3.05) is 40.4 Å². The van der Waals surface area contributed by atoms with Crippen molar-refractivity contribution in [2.45, 2.75) is 50.4 Å². The summed E-state index contributed by atoms with van der Waals surface area (Å²) in [4.78, 5) is 44.4. The van der Waals surface area contributed by atoms with Crippen LogP contribution in [-0.2, 0) is 15.7 Å². The zero-order chi connectivity index (χ0) is 30.8. The van der Waals surface area contributed by atoms with Crippen molar-refractivity contribution < 1.29 is 37.0 Å². The molecule has 2 aliphatic rings. The molecule has 0 N–H and O–H groups in total. The first kappa shape index (κ1) is 31.7. The third kappa shape index (κ3) is 6.57. The summed E-state index contributed by atoms with van der Waals surface area (Å²) in [5, 5.41) is 0.620. The summed E-state index contributed by atoms with van der Waals surface area (Å²) in [6, 6.07) is 6.84. The number of likely N-dealkylation sites (N-methyl/N-ethyl adjacent to an activating group) is 1. The zero-order valence-electron chi connectivity index (χ0n) is 23.4. The maximum Gasteiger partial charge on any atom is 0.419 e. The lowest BCUT2D eigenvalue weighted by Gasteiger charge is -2.36. The number of halogens is 5. The topological polar surface area (TPSA) is 79.4 Å². The molecule has 3 atom stereocenters. The molecular weight excluding hydrogens is 598 g/mol. The number of nitrogens with zero attached hydrogens (tertiary/aromatic N) is 3. The van der Waals surface area contributed by atoms with E-state index in [2.05, 4.69) is 0 Å². The predicted molar refractivity (Wildman–Crippen MR) is 151 cm³/mol. The van der Waals surface area contributed by atoms with Crippen LogP contribution in [0.15, 0.2) is 36.4 Å². The average Bonchev–Trinajstić information content (AvgIpc) is 3.42. The van der Waals surface area contributed by atoms with E-state index in [0.29, 0.717) is 23.6 Å². The molecule has 0 aliphatic carbocycles. The number of likely N-dealkylation sites (tertiary alicyclic amines) is 2. The fraction of sp³-hybridized carbons (Fsp3) is 0.483. The number of carbonyl (C=O) groups excluding carboxylic acids is 3. The van der Waals surface area contributed by atoms with Crippen LogP contribution in [0.5, 0.6) is 5.75 Å². The molecule has 0 bridgehead atoms. The molecule has 228 valence electrons. The van der Waals surface area contributed by atoms with E-state index in [-0.39, 0.29) is 36.2 Å². The summed E-state index contributed by atoms with van der Waals surface area (Å²) in [5.74, 6) is -1.76. The quantitative estimate of drug-likeness (QED) is 0.386. The van der Waals surface area contributed by atoms with Gasteiger partial charge >= 0.3 is 12.3 Å². The van der Waals surface area contributed by atoms with Gasteiger partial charge in [0.1, 0.15) is 11.8 Å². The van der Waals surface area contributed by atoms with Crippen LogP contribution < -0.4 is 4.74 Å². The highest BCUT2D eigenvalue weighted by atomic mass is 35.5. The molecule has 2 heterocycles. The van der Waals surface area contributed by atoms with Crippen molar-refractivity contribution in [1.82, 2.24) is 14.7 Å². The first-order chi connectivity index (χ1) is 19.9. The number of alkyl halides is 3. The van der Waals surface area contributed by atoms with E-state index in [1.807, 2.05) is 0 Å². The summed E-state index contributed by atoms with van der Waals surface area (Å²) in [7, 11) is 2.62. The molecule has 0 saturated carbocycles. The fourth-order valence-corrected chi connectivity index (χ4v) is 5.98. The molecule has 0 aromatic heterocycles. The van der Waals surface area contributed by atoms with Crippen molar-refractivity contribution in [1.29, 1.82) is 0 Å². The highest BCUT2D eigenvalue weighted by Gasteiger charge is 2.44. The van der Waals surface area contributed by atoms with Gasteiger partial charge in [-0.25, -0.2) is 4.79 Å². The lowest BCUT2D eigenvalue weighted by Crippen LogP contribution is -2.53. The van der Waals surface area contributed by atoms with Gasteiger partial charge in [-0.15, -0.1) is 0 Å². The number of piperidine rings is 1. The van der Waals surface area contributed by atoms with Gasteiger partial charge in [0.05, 0.1) is 35.4 Å². The average molecular weight is 630 g/mol. The molecule has 2 aromatic carbocycles. The summed E-state index contributed by atoms with van der Waals surface area (Å²) in [6.45, 7) is 2.55. The Hall–Kier alpha value is -3.18. The Kier molecular flexibility index (Phi) is 9.82. The molecule has 2 aliphatic heterocycles. The van der Waals surface area contributed by atoms with Crippen LogP contribution in [0.3, 0.4) is 0 Å². The third-order valence-corrected chi connectivity index (χ3v) is 8.57. The Morgan fingerprint density at radius 2 is 1.79 bits per heavy atom. The number of methoxy groups -OCH3 is 1. The normalized spacial score (nSPS) is 20.8. The molecule has 42 heavy (non-hydrogen) atoms. The van der Waals surface area contributed by atoms with Gasteiger partial charge in [-0.05, 0) is 62.1 Å². The Balaban J connectivity index is 1.66. The SMILES string of the molecule is CCOC(=O)N1CCCCC1C(=O)N1CC(c2ccc(Cl)c(Cl)c2)C(N(C)C(=O)c2ccc(OC)c(C(F)(F)F)c2)C1. The zero-order valence-corrected chi connectivity index (χ0v) is 24.9. The number of benzene rings is 2. The summed E-state index contributed by atoms with van der Waals surface area (Å²) < 4.78 is 51.1. The maximum atomic E-state index is 13.8. The van der Waals surface area contributed by atoms with Crippen LogP contribution in [0.2, 0.25) is 10.0 Å². The minimum atomic E-state index is -4.73. The Labute approximate surface area is 252 Å². The van der Waals surface area contributed by atoms with Gasteiger partial charge in [-0.1, -0.05) is 29.3 Å². The first-order valence-corrected chi connectivity index (χ1v) is 14.3. The van der Waals surface area contributed by atoms with E-state index in [1.165, 1.54) is 22.9 Å². The molecule has 13 heteroatoms. The van der Waals surface area contributed by atoms with Crippen LogP contribution in [0, 0.1) is 0 Å². The van der Waals surface area contributed by atoms with Gasteiger partial charge < -0.3 is 19.3 Å². The second-order valence-corrected chi connectivity index (χ2v) is 11.1. The molecule has 3 unspecified atom stereocenters. The van der Waals surface area contributed by atoms with Gasteiger partial charge in [-0.3, -0.25) is 14.5 Å². The number of hydrogen-bond donors (Lipinski definition) is 0. The van der Waals surface area contributed by atoms with Gasteiger partial charge in [0.25, 0.3) is 5.91 Å². The lowest BCUT2D eigenvalue weighted by molar-refractivity contribution is -0.139. The van der Waals surface area contributed by atoms with Crippen molar-refractivity contribution in [2.24, 2.45) is 0 Å². The van der Waals surface area contributed by atoms with E-state index in [1.54, 1.807) is 30.0 Å². The molecule has 0 spiro atoms. The van der Waals surface area contributed by atoms with E-state index in [9.17, 15) is 27.6 Å².